The highest BCUT2D eigenvalue weighted by atomic mass is 16.7. The summed E-state index contributed by atoms with van der Waals surface area (Å²) in [6.07, 6.45) is 3.35. The fourth-order valence-electron chi connectivity index (χ4n) is 0.762. The molecule has 0 aromatic rings. The maximum absolute atomic E-state index is 10.6. The Kier molecular flexibility index (Phi) is 2.71. The molecule has 1 aliphatic rings. The Bertz CT molecular complexity index is 225. The van der Waals surface area contributed by atoms with Crippen molar-refractivity contribution in [3.8, 4) is 0 Å². The molecule has 0 aromatic carbocycles. The van der Waals surface area contributed by atoms with Crippen molar-refractivity contribution in [2.24, 2.45) is 0 Å². The van der Waals surface area contributed by atoms with E-state index < -0.39 is 0 Å². The quantitative estimate of drug-likeness (QED) is 0.577. The molecule has 0 saturated carbocycles. The Hall–Kier alpha value is -1.49. The third kappa shape index (κ3) is 2.28. The molecule has 0 saturated heterocycles. The second-order valence-electron chi connectivity index (χ2n) is 2.31. The summed E-state index contributed by atoms with van der Waals surface area (Å²) < 4.78 is 0. The average Bonchev–Trinajstić information content (AvgIpc) is 2.36. The van der Waals surface area contributed by atoms with E-state index in [9.17, 15) is 4.79 Å². The van der Waals surface area contributed by atoms with Crippen molar-refractivity contribution in [1.29, 1.82) is 0 Å². The summed E-state index contributed by atoms with van der Waals surface area (Å²) in [4.78, 5) is 15.5. The van der Waals surface area contributed by atoms with Crippen molar-refractivity contribution < 1.29 is 9.63 Å². The van der Waals surface area contributed by atoms with Crippen molar-refractivity contribution in [2.45, 2.75) is 6.92 Å². The van der Waals surface area contributed by atoms with Gasteiger partial charge in [0, 0.05) is 6.92 Å². The molecule has 5 heteroatoms. The summed E-state index contributed by atoms with van der Waals surface area (Å²) in [5.74, 6) is 0.229. The van der Waals surface area contributed by atoms with Gasteiger partial charge in [-0.05, 0) is 0 Å². The molecule has 1 aliphatic heterocycles. The first-order chi connectivity index (χ1) is 5.72. The zero-order chi connectivity index (χ0) is 8.97. The van der Waals surface area contributed by atoms with Crippen LogP contribution in [0.5, 0.6) is 0 Å². The van der Waals surface area contributed by atoms with Gasteiger partial charge in [0.1, 0.15) is 0 Å². The summed E-state index contributed by atoms with van der Waals surface area (Å²) in [6, 6.07) is 0. The van der Waals surface area contributed by atoms with Gasteiger partial charge in [-0.1, -0.05) is 11.7 Å². The minimum atomic E-state index is -0.163. The van der Waals surface area contributed by atoms with Crippen molar-refractivity contribution in [1.82, 2.24) is 15.9 Å². The van der Waals surface area contributed by atoms with E-state index in [0.29, 0.717) is 12.4 Å². The van der Waals surface area contributed by atoms with Crippen LogP contribution >= 0.6 is 0 Å². The number of rotatable bonds is 3. The van der Waals surface area contributed by atoms with Crippen LogP contribution in [0.4, 0.5) is 0 Å². The second kappa shape index (κ2) is 3.77. The summed E-state index contributed by atoms with van der Waals surface area (Å²) >= 11 is 0. The molecule has 0 fully saturated rings. The first kappa shape index (κ1) is 8.61. The van der Waals surface area contributed by atoms with E-state index in [0.717, 1.165) is 0 Å². The molecule has 0 aliphatic carbocycles. The fraction of sp³-hybridized carbons (Fsp3) is 0.286. The van der Waals surface area contributed by atoms with E-state index in [4.69, 9.17) is 4.84 Å². The predicted molar refractivity (Wildman–Crippen MR) is 43.0 cm³/mol. The molecule has 0 radical (unpaired) electrons. The van der Waals surface area contributed by atoms with Crippen molar-refractivity contribution in [2.75, 3.05) is 6.54 Å². The van der Waals surface area contributed by atoms with Gasteiger partial charge in [0.05, 0.1) is 12.7 Å². The summed E-state index contributed by atoms with van der Waals surface area (Å²) in [5, 5.41) is 4.14. The smallest absolute Gasteiger partial charge is 0.238 e. The van der Waals surface area contributed by atoms with Crippen LogP contribution in [0.1, 0.15) is 6.92 Å². The molecule has 66 valence electrons. The van der Waals surface area contributed by atoms with E-state index in [1.807, 2.05) is 0 Å². The Morgan fingerprint density at radius 2 is 2.75 bits per heavy atom. The molecule has 0 aromatic heterocycles. The average molecular weight is 169 g/mol. The lowest BCUT2D eigenvalue weighted by molar-refractivity contribution is -0.119. The summed E-state index contributed by atoms with van der Waals surface area (Å²) in [7, 11) is 0. The number of hydrazine groups is 1. The molecule has 2 N–H and O–H groups in total. The highest BCUT2D eigenvalue weighted by Gasteiger charge is 2.12. The third-order valence-electron chi connectivity index (χ3n) is 1.17. The summed E-state index contributed by atoms with van der Waals surface area (Å²) in [5.41, 5.74) is 2.57. The van der Waals surface area contributed by atoms with Crippen molar-refractivity contribution in [3.05, 3.63) is 24.7 Å². The van der Waals surface area contributed by atoms with Gasteiger partial charge in [-0.2, -0.15) is 0 Å². The number of hydrogen-bond acceptors (Lipinski definition) is 4. The normalized spacial score (nSPS) is 15.1. The first-order valence-electron chi connectivity index (χ1n) is 3.52. The Morgan fingerprint density at radius 1 is 2.00 bits per heavy atom. The van der Waals surface area contributed by atoms with Gasteiger partial charge in [-0.3, -0.25) is 15.1 Å². The SMILES string of the molecule is C=CCN1C=C(NC(C)=O)ON1. The van der Waals surface area contributed by atoms with Gasteiger partial charge in [0.25, 0.3) is 0 Å². The van der Waals surface area contributed by atoms with E-state index in [1.54, 1.807) is 17.3 Å². The molecule has 12 heavy (non-hydrogen) atoms. The van der Waals surface area contributed by atoms with Gasteiger partial charge >= 0.3 is 0 Å². The maximum atomic E-state index is 10.6. The molecule has 0 bridgehead atoms. The van der Waals surface area contributed by atoms with Crippen LogP contribution in [0.25, 0.3) is 0 Å². The number of amides is 1. The monoisotopic (exact) mass is 169 g/mol. The van der Waals surface area contributed by atoms with E-state index in [1.165, 1.54) is 6.92 Å². The molecule has 0 spiro atoms. The Morgan fingerprint density at radius 3 is 3.33 bits per heavy atom. The minimum Gasteiger partial charge on any atom is -0.369 e. The highest BCUT2D eigenvalue weighted by Crippen LogP contribution is 2.01. The van der Waals surface area contributed by atoms with Crippen LogP contribution in [-0.4, -0.2) is 17.5 Å². The highest BCUT2D eigenvalue weighted by molar-refractivity contribution is 5.74. The van der Waals surface area contributed by atoms with Crippen LogP contribution in [0.15, 0.2) is 24.7 Å². The molecule has 5 nitrogen and oxygen atoms in total. The van der Waals surface area contributed by atoms with Crippen LogP contribution in [0.3, 0.4) is 0 Å². The molecular formula is C7H11N3O2. The van der Waals surface area contributed by atoms with Gasteiger partial charge in [0.2, 0.25) is 11.8 Å². The van der Waals surface area contributed by atoms with Gasteiger partial charge in [-0.15, -0.1) is 6.58 Å². The van der Waals surface area contributed by atoms with Crippen molar-refractivity contribution >= 4 is 5.91 Å². The summed E-state index contributed by atoms with van der Waals surface area (Å²) in [6.45, 7) is 5.59. The molecule has 0 atom stereocenters. The van der Waals surface area contributed by atoms with Gasteiger partial charge < -0.3 is 4.84 Å². The van der Waals surface area contributed by atoms with Crippen LogP contribution < -0.4 is 10.9 Å². The van der Waals surface area contributed by atoms with E-state index in [2.05, 4.69) is 17.5 Å². The fourth-order valence-corrected chi connectivity index (χ4v) is 0.762. The third-order valence-corrected chi connectivity index (χ3v) is 1.17. The maximum Gasteiger partial charge on any atom is 0.238 e. The molecule has 1 rings (SSSR count). The lowest BCUT2D eigenvalue weighted by Crippen LogP contribution is -2.28. The van der Waals surface area contributed by atoms with Gasteiger partial charge in [0.15, 0.2) is 0 Å². The second-order valence-corrected chi connectivity index (χ2v) is 2.31. The van der Waals surface area contributed by atoms with Crippen LogP contribution in [0, 0.1) is 0 Å². The largest absolute Gasteiger partial charge is 0.369 e. The first-order valence-corrected chi connectivity index (χ1v) is 3.52. The van der Waals surface area contributed by atoms with E-state index >= 15 is 0 Å². The molecule has 1 heterocycles. The van der Waals surface area contributed by atoms with E-state index in [-0.39, 0.29) is 5.91 Å². The minimum absolute atomic E-state index is 0.163. The zero-order valence-corrected chi connectivity index (χ0v) is 6.83. The number of carbonyl (C=O) groups excluding carboxylic acids is 1. The lowest BCUT2D eigenvalue weighted by Gasteiger charge is -2.08. The predicted octanol–water partition coefficient (Wildman–Crippen LogP) is -0.141. The standard InChI is InChI=1S/C7H11N3O2/c1-3-4-10-5-7(12-9-10)8-6(2)11/h3,5,9H,1,4H2,2H3,(H,8,11). The Labute approximate surface area is 70.6 Å². The van der Waals surface area contributed by atoms with Crippen LogP contribution in [-0.2, 0) is 9.63 Å². The topological polar surface area (TPSA) is 53.6 Å². The molecule has 1 amide bonds. The van der Waals surface area contributed by atoms with Gasteiger partial charge in [-0.25, -0.2) is 0 Å². The zero-order valence-electron chi connectivity index (χ0n) is 6.83. The lowest BCUT2D eigenvalue weighted by atomic mass is 10.6. The number of nitrogens with zero attached hydrogens (tertiary/aromatic N) is 1. The number of hydrogen-bond donors (Lipinski definition) is 2. The van der Waals surface area contributed by atoms with Crippen molar-refractivity contribution in [3.63, 3.8) is 0 Å². The number of carbonyl (C=O) groups is 1. The molecular weight excluding hydrogens is 158 g/mol. The van der Waals surface area contributed by atoms with Crippen LogP contribution in [0.2, 0.25) is 0 Å². The Balaban J connectivity index is 2.42. The number of nitrogens with one attached hydrogen (secondary N) is 2. The molecule has 0 unspecified atom stereocenters.